The first-order valence-corrected chi connectivity index (χ1v) is 7.57. The Balaban J connectivity index is 3.62. The summed E-state index contributed by atoms with van der Waals surface area (Å²) in [6.45, 7) is 12.4. The van der Waals surface area contributed by atoms with Gasteiger partial charge in [0.1, 0.15) is 5.75 Å². The maximum absolute atomic E-state index is 12.0. The maximum Gasteiger partial charge on any atom is 0.177 e. The van der Waals surface area contributed by atoms with Gasteiger partial charge in [0.15, 0.2) is 5.78 Å². The summed E-state index contributed by atoms with van der Waals surface area (Å²) < 4.78 is 0. The smallest absolute Gasteiger partial charge is 0.177 e. The van der Waals surface area contributed by atoms with E-state index in [2.05, 4.69) is 36.7 Å². The van der Waals surface area contributed by atoms with Crippen LogP contribution in [0.5, 0.6) is 5.75 Å². The molecule has 0 spiro atoms. The highest BCUT2D eigenvalue weighted by atomic mass is 79.9. The summed E-state index contributed by atoms with van der Waals surface area (Å²) in [5, 5.41) is 10.6. The molecule has 0 atom stereocenters. The van der Waals surface area contributed by atoms with Gasteiger partial charge < -0.3 is 5.11 Å². The molecule has 2 nitrogen and oxygen atoms in total. The number of aromatic hydroxyl groups is 1. The lowest BCUT2D eigenvalue weighted by Crippen LogP contribution is -2.18. The van der Waals surface area contributed by atoms with Gasteiger partial charge >= 0.3 is 0 Å². The van der Waals surface area contributed by atoms with Gasteiger partial charge in [-0.25, -0.2) is 0 Å². The van der Waals surface area contributed by atoms with Crippen LogP contribution in [0.1, 0.15) is 63.0 Å². The van der Waals surface area contributed by atoms with E-state index in [0.29, 0.717) is 5.56 Å². The van der Waals surface area contributed by atoms with Crippen LogP contribution in [-0.4, -0.2) is 16.2 Å². The minimum Gasteiger partial charge on any atom is -0.507 e. The first-order chi connectivity index (χ1) is 8.48. The van der Waals surface area contributed by atoms with Gasteiger partial charge in [0.05, 0.1) is 10.9 Å². The predicted molar refractivity (Wildman–Crippen MR) is 83.6 cm³/mol. The number of rotatable bonds is 2. The number of carbonyl (C=O) groups excluding carboxylic acids is 1. The highest BCUT2D eigenvalue weighted by Crippen LogP contribution is 2.37. The average Bonchev–Trinajstić information content (AvgIpc) is 2.25. The van der Waals surface area contributed by atoms with Crippen LogP contribution in [0, 0.1) is 0 Å². The Morgan fingerprint density at radius 1 is 1.11 bits per heavy atom. The molecule has 0 bridgehead atoms. The van der Waals surface area contributed by atoms with Crippen LogP contribution in [-0.2, 0) is 10.8 Å². The zero-order valence-corrected chi connectivity index (χ0v) is 14.2. The molecule has 1 aromatic rings. The van der Waals surface area contributed by atoms with Crippen LogP contribution in [0.3, 0.4) is 0 Å². The first kappa shape index (κ1) is 16.2. The van der Waals surface area contributed by atoms with Gasteiger partial charge in [0.2, 0.25) is 0 Å². The number of alkyl halides is 1. The first-order valence-electron chi connectivity index (χ1n) is 6.45. The summed E-state index contributed by atoms with van der Waals surface area (Å²) in [6, 6.07) is 3.83. The molecule has 0 heterocycles. The van der Waals surface area contributed by atoms with Gasteiger partial charge in [-0.2, -0.15) is 0 Å². The van der Waals surface area contributed by atoms with Crippen molar-refractivity contribution in [2.75, 3.05) is 5.33 Å². The Morgan fingerprint density at radius 3 is 2.00 bits per heavy atom. The quantitative estimate of drug-likeness (QED) is 0.638. The summed E-state index contributed by atoms with van der Waals surface area (Å²) in [7, 11) is 0. The summed E-state index contributed by atoms with van der Waals surface area (Å²) in [5.74, 6) is 0.0269. The fourth-order valence-electron chi connectivity index (χ4n) is 1.92. The van der Waals surface area contributed by atoms with Crippen molar-refractivity contribution in [3.05, 3.63) is 28.8 Å². The minimum absolute atomic E-state index is 0.0605. The number of ketones is 1. The second kappa shape index (κ2) is 5.28. The highest BCUT2D eigenvalue weighted by Gasteiger charge is 2.26. The molecular formula is C16H23BrO2. The molecule has 106 valence electrons. The summed E-state index contributed by atoms with van der Waals surface area (Å²) in [4.78, 5) is 12.0. The molecule has 0 unspecified atom stereocenters. The average molecular weight is 327 g/mol. The molecular weight excluding hydrogens is 304 g/mol. The van der Waals surface area contributed by atoms with Crippen molar-refractivity contribution in [2.24, 2.45) is 0 Å². The van der Waals surface area contributed by atoms with E-state index in [1.165, 1.54) is 0 Å². The molecule has 3 heteroatoms. The van der Waals surface area contributed by atoms with Crippen molar-refractivity contribution in [2.45, 2.75) is 52.4 Å². The van der Waals surface area contributed by atoms with Crippen molar-refractivity contribution in [1.82, 2.24) is 0 Å². The zero-order chi connectivity index (χ0) is 15.0. The Kier molecular flexibility index (Phi) is 4.51. The fraction of sp³-hybridized carbons (Fsp3) is 0.562. The standard InChI is InChI=1S/C16H23BrO2/c1-15(2,3)10-7-11(13(18)9-17)14(19)12(8-10)16(4,5)6/h7-8,19H,9H2,1-6H3. The van der Waals surface area contributed by atoms with E-state index in [4.69, 9.17) is 0 Å². The zero-order valence-electron chi connectivity index (χ0n) is 12.6. The van der Waals surface area contributed by atoms with Crippen LogP contribution in [0.25, 0.3) is 0 Å². The maximum atomic E-state index is 12.0. The summed E-state index contributed by atoms with van der Waals surface area (Å²) >= 11 is 3.18. The SMILES string of the molecule is CC(C)(C)c1cc(C(=O)CBr)c(O)c(C(C)(C)C)c1. The lowest BCUT2D eigenvalue weighted by molar-refractivity contribution is 0.102. The number of hydrogen-bond donors (Lipinski definition) is 1. The number of halogens is 1. The molecule has 0 saturated heterocycles. The van der Waals surface area contributed by atoms with E-state index >= 15 is 0 Å². The normalized spacial score (nSPS) is 12.6. The molecule has 1 aromatic carbocycles. The third-order valence-electron chi connectivity index (χ3n) is 3.21. The number of benzene rings is 1. The molecule has 0 aliphatic heterocycles. The number of hydrogen-bond acceptors (Lipinski definition) is 2. The van der Waals surface area contributed by atoms with Crippen LogP contribution >= 0.6 is 15.9 Å². The largest absolute Gasteiger partial charge is 0.507 e. The van der Waals surface area contributed by atoms with Gasteiger partial charge in [0.25, 0.3) is 0 Å². The molecule has 0 aliphatic rings. The lowest BCUT2D eigenvalue weighted by Gasteiger charge is -2.27. The van der Waals surface area contributed by atoms with E-state index in [9.17, 15) is 9.90 Å². The molecule has 1 N–H and O–H groups in total. The molecule has 0 amide bonds. The molecule has 0 saturated carbocycles. The highest BCUT2D eigenvalue weighted by molar-refractivity contribution is 9.09. The topological polar surface area (TPSA) is 37.3 Å². The monoisotopic (exact) mass is 326 g/mol. The van der Waals surface area contributed by atoms with Crippen LogP contribution in [0.15, 0.2) is 12.1 Å². The number of Topliss-reactive ketones (excluding diaryl/α,β-unsaturated/α-hetero) is 1. The lowest BCUT2D eigenvalue weighted by atomic mass is 9.78. The Bertz CT molecular complexity index is 491. The third kappa shape index (κ3) is 3.59. The fourth-order valence-corrected chi connectivity index (χ4v) is 2.23. The molecule has 0 radical (unpaired) electrons. The molecule has 0 aliphatic carbocycles. The van der Waals surface area contributed by atoms with E-state index in [1.807, 2.05) is 32.9 Å². The molecule has 0 fully saturated rings. The van der Waals surface area contributed by atoms with Gasteiger partial charge in [-0.05, 0) is 22.5 Å². The van der Waals surface area contributed by atoms with Gasteiger partial charge in [-0.15, -0.1) is 0 Å². The van der Waals surface area contributed by atoms with Crippen LogP contribution in [0.2, 0.25) is 0 Å². The predicted octanol–water partition coefficient (Wildman–Crippen LogP) is 4.56. The van der Waals surface area contributed by atoms with Gasteiger partial charge in [-0.1, -0.05) is 63.5 Å². The Hall–Kier alpha value is -0.830. The van der Waals surface area contributed by atoms with E-state index in [1.54, 1.807) is 0 Å². The third-order valence-corrected chi connectivity index (χ3v) is 3.72. The van der Waals surface area contributed by atoms with Crippen molar-refractivity contribution < 1.29 is 9.90 Å². The number of phenolic OH excluding ortho intramolecular Hbond substituents is 1. The number of carbonyl (C=O) groups is 1. The Labute approximate surface area is 124 Å². The second-order valence-corrected chi connectivity index (χ2v) is 7.54. The Morgan fingerprint density at radius 2 is 1.63 bits per heavy atom. The van der Waals surface area contributed by atoms with Crippen molar-refractivity contribution in [3.63, 3.8) is 0 Å². The second-order valence-electron chi connectivity index (χ2n) is 6.98. The van der Waals surface area contributed by atoms with Crippen molar-refractivity contribution in [1.29, 1.82) is 0 Å². The molecule has 0 aromatic heterocycles. The summed E-state index contributed by atoms with van der Waals surface area (Å²) in [5.41, 5.74) is 2.04. The molecule has 19 heavy (non-hydrogen) atoms. The minimum atomic E-state index is -0.202. The summed E-state index contributed by atoms with van der Waals surface area (Å²) in [6.07, 6.45) is 0. The van der Waals surface area contributed by atoms with E-state index < -0.39 is 0 Å². The van der Waals surface area contributed by atoms with E-state index in [-0.39, 0.29) is 27.7 Å². The van der Waals surface area contributed by atoms with Crippen molar-refractivity contribution >= 4 is 21.7 Å². The van der Waals surface area contributed by atoms with Gasteiger partial charge in [-0.3, -0.25) is 4.79 Å². The van der Waals surface area contributed by atoms with E-state index in [0.717, 1.165) is 11.1 Å². The van der Waals surface area contributed by atoms with Crippen LogP contribution < -0.4 is 0 Å². The van der Waals surface area contributed by atoms with Gasteiger partial charge in [0, 0.05) is 5.56 Å². The number of phenols is 1. The van der Waals surface area contributed by atoms with Crippen LogP contribution in [0.4, 0.5) is 0 Å². The van der Waals surface area contributed by atoms with Crippen molar-refractivity contribution in [3.8, 4) is 5.75 Å². The molecule has 1 rings (SSSR count).